The predicted molar refractivity (Wildman–Crippen MR) is 98.9 cm³/mol. The summed E-state index contributed by atoms with van der Waals surface area (Å²) in [7, 11) is 0. The van der Waals surface area contributed by atoms with E-state index >= 15 is 0 Å². The number of carbonyl (C=O) groups is 1. The van der Waals surface area contributed by atoms with E-state index in [4.69, 9.17) is 34.8 Å². The van der Waals surface area contributed by atoms with Gasteiger partial charge in [0.25, 0.3) is 5.56 Å². The molecule has 1 aromatic heterocycles. The van der Waals surface area contributed by atoms with Crippen LogP contribution in [0.25, 0.3) is 0 Å². The van der Waals surface area contributed by atoms with Crippen molar-refractivity contribution in [2.24, 2.45) is 0 Å². The molecule has 0 unspecified atom stereocenters. The highest BCUT2D eigenvalue weighted by molar-refractivity contribution is 6.43. The lowest BCUT2D eigenvalue weighted by Crippen LogP contribution is -2.22. The van der Waals surface area contributed by atoms with Crippen LogP contribution in [-0.2, 0) is 6.54 Å². The summed E-state index contributed by atoms with van der Waals surface area (Å²) >= 11 is 18.0. The highest BCUT2D eigenvalue weighted by atomic mass is 35.5. The van der Waals surface area contributed by atoms with Gasteiger partial charge in [0.05, 0.1) is 22.2 Å². The molecule has 26 heavy (non-hydrogen) atoms. The average Bonchev–Trinajstić information content (AvgIpc) is 2.57. The van der Waals surface area contributed by atoms with Gasteiger partial charge < -0.3 is 0 Å². The van der Waals surface area contributed by atoms with Crippen molar-refractivity contribution in [1.82, 2.24) is 9.78 Å². The number of halogens is 4. The monoisotopic (exact) mass is 410 g/mol. The summed E-state index contributed by atoms with van der Waals surface area (Å²) in [5, 5.41) is 4.37. The minimum absolute atomic E-state index is 0.0743. The highest BCUT2D eigenvalue weighted by Crippen LogP contribution is 2.31. The minimum atomic E-state index is -0.563. The minimum Gasteiger partial charge on any atom is -0.288 e. The third kappa shape index (κ3) is 3.80. The first-order valence-corrected chi connectivity index (χ1v) is 8.50. The van der Waals surface area contributed by atoms with Crippen molar-refractivity contribution >= 4 is 40.6 Å². The summed E-state index contributed by atoms with van der Waals surface area (Å²) in [6.07, 6.45) is 1.42. The molecule has 0 fully saturated rings. The maximum atomic E-state index is 14.1. The Labute approximate surface area is 162 Å². The quantitative estimate of drug-likeness (QED) is 0.589. The van der Waals surface area contributed by atoms with E-state index in [2.05, 4.69) is 5.10 Å². The fourth-order valence-corrected chi connectivity index (χ4v) is 3.40. The van der Waals surface area contributed by atoms with Crippen LogP contribution in [0, 0.1) is 5.82 Å². The normalized spacial score (nSPS) is 10.8. The smallest absolute Gasteiger partial charge is 0.267 e. The van der Waals surface area contributed by atoms with Crippen LogP contribution in [0.4, 0.5) is 4.39 Å². The number of carbonyl (C=O) groups excluding carboxylic acids is 1. The standard InChI is InChI=1S/C18H10Cl3FN2O2/c19-12-7-13(20)17(14(21)8-12)18(26)10-3-4-15(22)11(6-10)9-24-16(25)2-1-5-23-24/h1-8H,9H2. The SMILES string of the molecule is O=C(c1ccc(F)c(Cn2ncccc2=O)c1)c1c(Cl)cc(Cl)cc1Cl. The molecule has 0 bridgehead atoms. The van der Waals surface area contributed by atoms with Gasteiger partial charge in [-0.05, 0) is 36.4 Å². The molecule has 132 valence electrons. The molecule has 0 spiro atoms. The van der Waals surface area contributed by atoms with Crippen molar-refractivity contribution < 1.29 is 9.18 Å². The van der Waals surface area contributed by atoms with Gasteiger partial charge >= 0.3 is 0 Å². The summed E-state index contributed by atoms with van der Waals surface area (Å²) < 4.78 is 15.2. The molecular weight excluding hydrogens is 402 g/mol. The third-order valence-electron chi connectivity index (χ3n) is 3.65. The van der Waals surface area contributed by atoms with Gasteiger partial charge in [0.2, 0.25) is 0 Å². The molecule has 2 aromatic carbocycles. The summed E-state index contributed by atoms with van der Waals surface area (Å²) in [5.41, 5.74) is 0.00655. The van der Waals surface area contributed by atoms with Crippen LogP contribution in [0.2, 0.25) is 15.1 Å². The molecule has 8 heteroatoms. The van der Waals surface area contributed by atoms with Gasteiger partial charge in [0.1, 0.15) is 5.82 Å². The molecule has 0 aliphatic rings. The van der Waals surface area contributed by atoms with Crippen LogP contribution in [-0.4, -0.2) is 15.6 Å². The molecule has 0 saturated heterocycles. The van der Waals surface area contributed by atoms with Crippen molar-refractivity contribution in [3.63, 3.8) is 0 Å². The molecule has 0 atom stereocenters. The first-order valence-electron chi connectivity index (χ1n) is 7.36. The van der Waals surface area contributed by atoms with Crippen molar-refractivity contribution in [2.75, 3.05) is 0 Å². The zero-order valence-corrected chi connectivity index (χ0v) is 15.3. The largest absolute Gasteiger partial charge is 0.288 e. The number of ketones is 1. The zero-order chi connectivity index (χ0) is 18.8. The topological polar surface area (TPSA) is 52.0 Å². The second kappa shape index (κ2) is 7.58. The summed E-state index contributed by atoms with van der Waals surface area (Å²) in [4.78, 5) is 24.5. The van der Waals surface area contributed by atoms with E-state index in [-0.39, 0.29) is 38.8 Å². The lowest BCUT2D eigenvalue weighted by molar-refractivity contribution is 0.103. The average molecular weight is 412 g/mol. The van der Waals surface area contributed by atoms with Crippen LogP contribution in [0.3, 0.4) is 0 Å². The van der Waals surface area contributed by atoms with Crippen LogP contribution < -0.4 is 5.56 Å². The molecule has 3 rings (SSSR count). The van der Waals surface area contributed by atoms with Crippen molar-refractivity contribution in [3.8, 4) is 0 Å². The fourth-order valence-electron chi connectivity index (χ4n) is 2.41. The van der Waals surface area contributed by atoms with E-state index < -0.39 is 11.6 Å². The maximum Gasteiger partial charge on any atom is 0.267 e. The molecular formula is C18H10Cl3FN2O2. The molecule has 0 amide bonds. The molecule has 1 heterocycles. The second-order valence-corrected chi connectivity index (χ2v) is 6.65. The van der Waals surface area contributed by atoms with Crippen LogP contribution in [0.5, 0.6) is 0 Å². The number of hydrogen-bond acceptors (Lipinski definition) is 3. The van der Waals surface area contributed by atoms with Gasteiger partial charge in [0, 0.05) is 28.4 Å². The Bertz CT molecular complexity index is 1040. The molecule has 0 aliphatic heterocycles. The molecule has 0 aliphatic carbocycles. The Morgan fingerprint density at radius 1 is 1.08 bits per heavy atom. The lowest BCUT2D eigenvalue weighted by Gasteiger charge is -2.10. The van der Waals surface area contributed by atoms with E-state index in [0.717, 1.165) is 10.7 Å². The summed E-state index contributed by atoms with van der Waals surface area (Å²) in [5.74, 6) is -1.04. The Balaban J connectivity index is 2.01. The Kier molecular flexibility index (Phi) is 5.41. The Morgan fingerprint density at radius 3 is 2.42 bits per heavy atom. The van der Waals surface area contributed by atoms with Gasteiger partial charge in [-0.25, -0.2) is 9.07 Å². The summed E-state index contributed by atoms with van der Waals surface area (Å²) in [6.45, 7) is -0.116. The molecule has 0 saturated carbocycles. The number of hydrogen-bond donors (Lipinski definition) is 0. The third-order valence-corrected chi connectivity index (χ3v) is 4.46. The molecule has 3 aromatic rings. The van der Waals surface area contributed by atoms with Crippen LogP contribution in [0.1, 0.15) is 21.5 Å². The van der Waals surface area contributed by atoms with E-state index in [1.54, 1.807) is 0 Å². The van der Waals surface area contributed by atoms with E-state index in [1.165, 1.54) is 42.6 Å². The van der Waals surface area contributed by atoms with E-state index in [1.807, 2.05) is 0 Å². The number of rotatable bonds is 4. The van der Waals surface area contributed by atoms with Crippen molar-refractivity contribution in [3.05, 3.63) is 96.6 Å². The Morgan fingerprint density at radius 2 is 1.77 bits per heavy atom. The maximum absolute atomic E-state index is 14.1. The van der Waals surface area contributed by atoms with Crippen LogP contribution in [0.15, 0.2) is 53.5 Å². The lowest BCUT2D eigenvalue weighted by atomic mass is 10.0. The zero-order valence-electron chi connectivity index (χ0n) is 13.0. The van der Waals surface area contributed by atoms with Gasteiger partial charge in [-0.1, -0.05) is 34.8 Å². The number of benzene rings is 2. The molecule has 0 radical (unpaired) electrons. The number of nitrogens with zero attached hydrogens (tertiary/aromatic N) is 2. The van der Waals surface area contributed by atoms with E-state index in [9.17, 15) is 14.0 Å². The van der Waals surface area contributed by atoms with Crippen molar-refractivity contribution in [2.45, 2.75) is 6.54 Å². The highest BCUT2D eigenvalue weighted by Gasteiger charge is 2.19. The summed E-state index contributed by atoms with van der Waals surface area (Å²) in [6, 6.07) is 9.42. The van der Waals surface area contributed by atoms with Gasteiger partial charge in [-0.3, -0.25) is 9.59 Å². The van der Waals surface area contributed by atoms with Crippen molar-refractivity contribution in [1.29, 1.82) is 0 Å². The van der Waals surface area contributed by atoms with Gasteiger partial charge in [-0.15, -0.1) is 0 Å². The fraction of sp³-hybridized carbons (Fsp3) is 0.0556. The predicted octanol–water partition coefficient (Wildman–Crippen LogP) is 4.62. The first kappa shape index (κ1) is 18.6. The molecule has 4 nitrogen and oxygen atoms in total. The van der Waals surface area contributed by atoms with Crippen LogP contribution >= 0.6 is 34.8 Å². The first-order chi connectivity index (χ1) is 12.4. The van der Waals surface area contributed by atoms with Gasteiger partial charge in [-0.2, -0.15) is 5.10 Å². The Hall–Kier alpha value is -2.21. The number of aromatic nitrogens is 2. The second-order valence-electron chi connectivity index (χ2n) is 5.40. The molecule has 0 N–H and O–H groups in total. The van der Waals surface area contributed by atoms with Gasteiger partial charge in [0.15, 0.2) is 5.78 Å². The van der Waals surface area contributed by atoms with E-state index in [0.29, 0.717) is 5.02 Å².